The average Bonchev–Trinajstić information content (AvgIpc) is 2.87. The predicted octanol–water partition coefficient (Wildman–Crippen LogP) is 1.62. The minimum absolute atomic E-state index is 0.0369. The van der Waals surface area contributed by atoms with E-state index in [2.05, 4.69) is 19.2 Å². The maximum Gasteiger partial charge on any atom is 0.248 e. The van der Waals surface area contributed by atoms with Crippen molar-refractivity contribution >= 4 is 23.4 Å². The second-order valence-corrected chi connectivity index (χ2v) is 6.35. The van der Waals surface area contributed by atoms with E-state index in [0.29, 0.717) is 30.3 Å². The van der Waals surface area contributed by atoms with Crippen molar-refractivity contribution in [1.82, 2.24) is 4.90 Å². The number of primary amides is 1. The first-order valence-corrected chi connectivity index (χ1v) is 7.85. The molecular formula is C17H23N3O3. The SMILES string of the molecule is CC(C)CCN1C[C@@H](C(=O)Nc2ccc(C(N)=O)cc2)CC1=O. The van der Waals surface area contributed by atoms with Gasteiger partial charge in [-0.15, -0.1) is 0 Å². The average molecular weight is 317 g/mol. The Hall–Kier alpha value is -2.37. The molecular weight excluding hydrogens is 294 g/mol. The molecule has 1 aromatic rings. The van der Waals surface area contributed by atoms with Gasteiger partial charge in [-0.1, -0.05) is 13.8 Å². The molecule has 1 heterocycles. The van der Waals surface area contributed by atoms with E-state index in [9.17, 15) is 14.4 Å². The maximum atomic E-state index is 12.3. The Labute approximate surface area is 136 Å². The van der Waals surface area contributed by atoms with Crippen molar-refractivity contribution in [2.75, 3.05) is 18.4 Å². The number of amides is 3. The number of likely N-dealkylation sites (tertiary alicyclic amines) is 1. The topological polar surface area (TPSA) is 92.5 Å². The molecule has 1 atom stereocenters. The van der Waals surface area contributed by atoms with Gasteiger partial charge in [0.05, 0.1) is 5.92 Å². The number of rotatable bonds is 6. The van der Waals surface area contributed by atoms with Crippen molar-refractivity contribution in [3.05, 3.63) is 29.8 Å². The van der Waals surface area contributed by atoms with Crippen molar-refractivity contribution in [3.63, 3.8) is 0 Å². The molecule has 23 heavy (non-hydrogen) atoms. The van der Waals surface area contributed by atoms with Crippen LogP contribution in [0.5, 0.6) is 0 Å². The summed E-state index contributed by atoms with van der Waals surface area (Å²) in [5.74, 6) is -0.443. The van der Waals surface area contributed by atoms with Gasteiger partial charge in [0.1, 0.15) is 0 Å². The van der Waals surface area contributed by atoms with E-state index in [4.69, 9.17) is 5.73 Å². The summed E-state index contributed by atoms with van der Waals surface area (Å²) >= 11 is 0. The summed E-state index contributed by atoms with van der Waals surface area (Å²) in [5.41, 5.74) is 6.15. The molecule has 0 unspecified atom stereocenters. The highest BCUT2D eigenvalue weighted by atomic mass is 16.2. The highest BCUT2D eigenvalue weighted by Crippen LogP contribution is 2.21. The number of benzene rings is 1. The molecule has 2 rings (SSSR count). The van der Waals surface area contributed by atoms with E-state index >= 15 is 0 Å². The van der Waals surface area contributed by atoms with E-state index in [1.807, 2.05) is 0 Å². The zero-order chi connectivity index (χ0) is 17.0. The summed E-state index contributed by atoms with van der Waals surface area (Å²) in [6.07, 6.45) is 1.19. The lowest BCUT2D eigenvalue weighted by molar-refractivity contribution is -0.128. The minimum atomic E-state index is -0.509. The van der Waals surface area contributed by atoms with Gasteiger partial charge >= 0.3 is 0 Å². The number of nitrogens with zero attached hydrogens (tertiary/aromatic N) is 1. The van der Waals surface area contributed by atoms with Gasteiger partial charge in [-0.25, -0.2) is 0 Å². The monoisotopic (exact) mass is 317 g/mol. The molecule has 1 fully saturated rings. The van der Waals surface area contributed by atoms with Crippen LogP contribution in [0, 0.1) is 11.8 Å². The molecule has 3 N–H and O–H groups in total. The Balaban J connectivity index is 1.91. The van der Waals surface area contributed by atoms with Crippen LogP contribution in [0.1, 0.15) is 37.0 Å². The summed E-state index contributed by atoms with van der Waals surface area (Å²) in [6.45, 7) is 5.39. The van der Waals surface area contributed by atoms with Gasteiger partial charge in [-0.05, 0) is 36.6 Å². The van der Waals surface area contributed by atoms with E-state index in [1.54, 1.807) is 29.2 Å². The largest absolute Gasteiger partial charge is 0.366 e. The van der Waals surface area contributed by atoms with Crippen LogP contribution in [0.15, 0.2) is 24.3 Å². The predicted molar refractivity (Wildman–Crippen MR) is 87.7 cm³/mol. The smallest absolute Gasteiger partial charge is 0.248 e. The Morgan fingerprint density at radius 1 is 1.30 bits per heavy atom. The lowest BCUT2D eigenvalue weighted by Crippen LogP contribution is -2.29. The zero-order valence-corrected chi connectivity index (χ0v) is 13.5. The number of hydrogen-bond donors (Lipinski definition) is 2. The number of carbonyl (C=O) groups excluding carboxylic acids is 3. The first kappa shape index (κ1) is 17.0. The Kier molecular flexibility index (Phi) is 5.36. The van der Waals surface area contributed by atoms with Crippen molar-refractivity contribution in [3.8, 4) is 0 Å². The molecule has 6 heteroatoms. The fourth-order valence-electron chi connectivity index (χ4n) is 2.54. The van der Waals surface area contributed by atoms with Crippen molar-refractivity contribution in [2.24, 2.45) is 17.6 Å². The van der Waals surface area contributed by atoms with E-state index in [-0.39, 0.29) is 24.2 Å². The lowest BCUT2D eigenvalue weighted by Gasteiger charge is -2.17. The number of carbonyl (C=O) groups is 3. The van der Waals surface area contributed by atoms with Crippen molar-refractivity contribution in [2.45, 2.75) is 26.7 Å². The number of nitrogens with one attached hydrogen (secondary N) is 1. The standard InChI is InChI=1S/C17H23N3O3/c1-11(2)7-8-20-10-13(9-15(20)21)17(23)19-14-5-3-12(4-6-14)16(18)22/h3-6,11,13H,7-10H2,1-2H3,(H2,18,22)(H,19,23)/t13-/m0/s1. The molecule has 0 aromatic heterocycles. The van der Waals surface area contributed by atoms with Crippen LogP contribution < -0.4 is 11.1 Å². The van der Waals surface area contributed by atoms with Crippen LogP contribution in [0.2, 0.25) is 0 Å². The molecule has 1 aromatic carbocycles. The highest BCUT2D eigenvalue weighted by molar-refractivity contribution is 5.98. The summed E-state index contributed by atoms with van der Waals surface area (Å²) < 4.78 is 0. The van der Waals surface area contributed by atoms with Gasteiger partial charge in [-0.3, -0.25) is 14.4 Å². The van der Waals surface area contributed by atoms with Gasteiger partial charge in [0.25, 0.3) is 0 Å². The highest BCUT2D eigenvalue weighted by Gasteiger charge is 2.34. The first-order valence-electron chi connectivity index (χ1n) is 7.85. The second-order valence-electron chi connectivity index (χ2n) is 6.35. The van der Waals surface area contributed by atoms with Gasteiger partial charge < -0.3 is 16.0 Å². The van der Waals surface area contributed by atoms with Crippen LogP contribution in [0.3, 0.4) is 0 Å². The van der Waals surface area contributed by atoms with Crippen LogP contribution >= 0.6 is 0 Å². The molecule has 124 valence electrons. The van der Waals surface area contributed by atoms with Gasteiger partial charge in [0.15, 0.2) is 0 Å². The summed E-state index contributed by atoms with van der Waals surface area (Å²) in [5, 5.41) is 2.79. The molecule has 0 saturated carbocycles. The molecule has 0 aliphatic carbocycles. The van der Waals surface area contributed by atoms with Crippen LogP contribution in [-0.4, -0.2) is 35.7 Å². The molecule has 3 amide bonds. The zero-order valence-electron chi connectivity index (χ0n) is 13.5. The molecule has 1 aliphatic heterocycles. The fourth-order valence-corrected chi connectivity index (χ4v) is 2.54. The number of hydrogen-bond acceptors (Lipinski definition) is 3. The van der Waals surface area contributed by atoms with E-state index in [1.165, 1.54) is 0 Å². The van der Waals surface area contributed by atoms with Gasteiger partial charge in [0, 0.05) is 30.8 Å². The van der Waals surface area contributed by atoms with E-state index in [0.717, 1.165) is 6.42 Å². The summed E-state index contributed by atoms with van der Waals surface area (Å²) in [6, 6.07) is 6.38. The van der Waals surface area contributed by atoms with Gasteiger partial charge in [-0.2, -0.15) is 0 Å². The molecule has 0 radical (unpaired) electrons. The fraction of sp³-hybridized carbons (Fsp3) is 0.471. The molecule has 1 saturated heterocycles. The Morgan fingerprint density at radius 3 is 2.52 bits per heavy atom. The minimum Gasteiger partial charge on any atom is -0.366 e. The van der Waals surface area contributed by atoms with Crippen LogP contribution in [-0.2, 0) is 9.59 Å². The summed E-state index contributed by atoms with van der Waals surface area (Å²) in [4.78, 5) is 37.0. The molecule has 6 nitrogen and oxygen atoms in total. The second kappa shape index (κ2) is 7.26. The molecule has 0 bridgehead atoms. The number of nitrogens with two attached hydrogens (primary N) is 1. The molecule has 0 spiro atoms. The van der Waals surface area contributed by atoms with Crippen LogP contribution in [0.25, 0.3) is 0 Å². The lowest BCUT2D eigenvalue weighted by atomic mass is 10.1. The third-order valence-electron chi connectivity index (χ3n) is 4.00. The van der Waals surface area contributed by atoms with Crippen LogP contribution in [0.4, 0.5) is 5.69 Å². The van der Waals surface area contributed by atoms with E-state index < -0.39 is 5.91 Å². The molecule has 1 aliphatic rings. The maximum absolute atomic E-state index is 12.3. The van der Waals surface area contributed by atoms with Crippen molar-refractivity contribution < 1.29 is 14.4 Å². The normalized spacial score (nSPS) is 17.6. The third kappa shape index (κ3) is 4.55. The Bertz CT molecular complexity index is 596. The first-order chi connectivity index (χ1) is 10.9. The Morgan fingerprint density at radius 2 is 1.96 bits per heavy atom. The third-order valence-corrected chi connectivity index (χ3v) is 4.00. The summed E-state index contributed by atoms with van der Waals surface area (Å²) in [7, 11) is 0. The quantitative estimate of drug-likeness (QED) is 0.835. The van der Waals surface area contributed by atoms with Crippen molar-refractivity contribution in [1.29, 1.82) is 0 Å². The number of anilines is 1. The van der Waals surface area contributed by atoms with Gasteiger partial charge in [0.2, 0.25) is 17.7 Å².